The Morgan fingerprint density at radius 3 is 2.44 bits per heavy atom. The molecule has 0 atom stereocenters. The molecule has 0 bridgehead atoms. The number of fused-ring (bicyclic) bond motifs is 3. The third-order valence-electron chi connectivity index (χ3n) is 3.83. The molecule has 2 heteroatoms. The van der Waals surface area contributed by atoms with Crippen LogP contribution in [0, 0.1) is 3.57 Å². The molecule has 18 heavy (non-hydrogen) atoms. The fourth-order valence-electron chi connectivity index (χ4n) is 2.84. The molecule has 0 radical (unpaired) electrons. The Morgan fingerprint density at radius 2 is 1.72 bits per heavy atom. The summed E-state index contributed by atoms with van der Waals surface area (Å²) in [5.74, 6) is 0. The van der Waals surface area contributed by atoms with Crippen LogP contribution in [0.25, 0.3) is 11.1 Å². The van der Waals surface area contributed by atoms with Crippen LogP contribution in [0.5, 0.6) is 0 Å². The van der Waals surface area contributed by atoms with E-state index in [1.54, 1.807) is 0 Å². The quantitative estimate of drug-likeness (QED) is 0.492. The molecule has 0 aliphatic heterocycles. The van der Waals surface area contributed by atoms with Crippen LogP contribution in [-0.4, -0.2) is 4.93 Å². The van der Waals surface area contributed by atoms with Crippen LogP contribution >= 0.6 is 15.9 Å². The van der Waals surface area contributed by atoms with Crippen molar-refractivity contribution in [3.05, 3.63) is 55.6 Å². The first kappa shape index (κ1) is 12.7. The standard InChI is InChI=1S/C16H15BrI/c1-16(2)12-7-5-4-6-10(12)11-8-14(17)15(18-3)9-13(11)16/h4-9H,1-3H3/q-1. The van der Waals surface area contributed by atoms with Gasteiger partial charge in [0, 0.05) is 0 Å². The van der Waals surface area contributed by atoms with E-state index < -0.39 is 0 Å². The van der Waals surface area contributed by atoms with Crippen molar-refractivity contribution in [1.29, 1.82) is 0 Å². The van der Waals surface area contributed by atoms with Crippen molar-refractivity contribution in [2.24, 2.45) is 0 Å². The molecule has 94 valence electrons. The summed E-state index contributed by atoms with van der Waals surface area (Å²) in [7, 11) is 0. The number of halogens is 2. The van der Waals surface area contributed by atoms with Crippen molar-refractivity contribution >= 4 is 15.9 Å². The first-order valence-corrected chi connectivity index (χ1v) is 10.0. The Labute approximate surface area is 127 Å². The molecule has 0 unspecified atom stereocenters. The zero-order valence-electron chi connectivity index (χ0n) is 10.7. The molecule has 2 aromatic rings. The van der Waals surface area contributed by atoms with Crippen molar-refractivity contribution in [3.63, 3.8) is 0 Å². The van der Waals surface area contributed by atoms with E-state index in [-0.39, 0.29) is 26.6 Å². The number of hydrogen-bond acceptors (Lipinski definition) is 0. The molecule has 0 amide bonds. The summed E-state index contributed by atoms with van der Waals surface area (Å²) in [4.78, 5) is 2.32. The van der Waals surface area contributed by atoms with Gasteiger partial charge in [0.15, 0.2) is 0 Å². The molecule has 0 fully saturated rings. The summed E-state index contributed by atoms with van der Waals surface area (Å²) < 4.78 is 2.79. The van der Waals surface area contributed by atoms with Gasteiger partial charge in [-0.15, -0.1) is 0 Å². The topological polar surface area (TPSA) is 0 Å². The molecule has 0 nitrogen and oxygen atoms in total. The zero-order valence-corrected chi connectivity index (χ0v) is 14.5. The van der Waals surface area contributed by atoms with Crippen LogP contribution < -0.4 is 21.2 Å². The van der Waals surface area contributed by atoms with Gasteiger partial charge < -0.3 is 0 Å². The summed E-state index contributed by atoms with van der Waals surface area (Å²) in [6.07, 6.45) is 0. The first-order chi connectivity index (χ1) is 8.55. The number of alkyl halides is 1. The molecule has 0 saturated heterocycles. The van der Waals surface area contributed by atoms with Crippen LogP contribution in [0.2, 0.25) is 0 Å². The fraction of sp³-hybridized carbons (Fsp3) is 0.250. The molecule has 0 N–H and O–H groups in total. The second-order valence-electron chi connectivity index (χ2n) is 5.17. The predicted molar refractivity (Wildman–Crippen MR) is 76.3 cm³/mol. The van der Waals surface area contributed by atoms with Crippen LogP contribution in [0.1, 0.15) is 25.0 Å². The summed E-state index contributed by atoms with van der Waals surface area (Å²) in [5, 5.41) is 0. The predicted octanol–water partition coefficient (Wildman–Crippen LogP) is 1.64. The molecule has 1 aliphatic carbocycles. The van der Waals surface area contributed by atoms with Gasteiger partial charge in [0.1, 0.15) is 0 Å². The zero-order chi connectivity index (χ0) is 12.9. The SMILES string of the molecule is C[I-]c1cc2c(cc1Br)-c1ccccc1C2(C)C. The van der Waals surface area contributed by atoms with E-state index in [0.717, 1.165) is 0 Å². The first-order valence-electron chi connectivity index (χ1n) is 5.99. The molecular formula is C16H15BrI-. The third kappa shape index (κ3) is 1.68. The molecule has 0 heterocycles. The minimum atomic E-state index is 0.114. The monoisotopic (exact) mass is 413 g/mol. The van der Waals surface area contributed by atoms with E-state index >= 15 is 0 Å². The maximum atomic E-state index is 3.73. The average molecular weight is 414 g/mol. The van der Waals surface area contributed by atoms with E-state index in [9.17, 15) is 0 Å². The van der Waals surface area contributed by atoms with Gasteiger partial charge in [0.25, 0.3) is 0 Å². The van der Waals surface area contributed by atoms with Crippen molar-refractivity contribution < 1.29 is 21.2 Å². The molecule has 1 aliphatic rings. The summed E-state index contributed by atoms with van der Waals surface area (Å²) >= 11 is 3.84. The van der Waals surface area contributed by atoms with Gasteiger partial charge in [0.05, 0.1) is 0 Å². The van der Waals surface area contributed by atoms with Gasteiger partial charge in [-0.1, -0.05) is 0 Å². The van der Waals surface area contributed by atoms with Crippen LogP contribution in [0.15, 0.2) is 40.9 Å². The summed E-state index contributed by atoms with van der Waals surface area (Å²) in [6.45, 7) is 4.67. The van der Waals surface area contributed by atoms with Gasteiger partial charge in [0.2, 0.25) is 0 Å². The van der Waals surface area contributed by atoms with Crippen molar-refractivity contribution in [2.75, 3.05) is 4.93 Å². The van der Waals surface area contributed by atoms with Crippen molar-refractivity contribution in [1.82, 2.24) is 0 Å². The maximum absolute atomic E-state index is 3.73. The Morgan fingerprint density at radius 1 is 1.00 bits per heavy atom. The Kier molecular flexibility index (Phi) is 3.06. The van der Waals surface area contributed by atoms with E-state index in [2.05, 4.69) is 71.1 Å². The molecular weight excluding hydrogens is 399 g/mol. The summed E-state index contributed by atoms with van der Waals surface area (Å²) in [5.41, 5.74) is 5.89. The molecule has 3 rings (SSSR count). The van der Waals surface area contributed by atoms with Gasteiger partial charge in [-0.3, -0.25) is 0 Å². The Bertz CT molecular complexity index is 629. The molecule has 0 saturated carbocycles. The van der Waals surface area contributed by atoms with Crippen LogP contribution in [-0.2, 0) is 5.41 Å². The van der Waals surface area contributed by atoms with Gasteiger partial charge in [-0.2, -0.15) is 0 Å². The van der Waals surface area contributed by atoms with E-state index in [0.29, 0.717) is 0 Å². The summed E-state index contributed by atoms with van der Waals surface area (Å²) in [6, 6.07) is 13.5. The number of hydrogen-bond donors (Lipinski definition) is 0. The second kappa shape index (κ2) is 4.34. The average Bonchev–Trinajstić information content (AvgIpc) is 2.58. The van der Waals surface area contributed by atoms with E-state index in [1.807, 2.05) is 0 Å². The Balaban J connectivity index is 2.35. The number of benzene rings is 2. The van der Waals surface area contributed by atoms with Crippen molar-refractivity contribution in [2.45, 2.75) is 19.3 Å². The van der Waals surface area contributed by atoms with Crippen LogP contribution in [0.4, 0.5) is 0 Å². The minimum absolute atomic E-state index is 0.114. The van der Waals surface area contributed by atoms with Crippen molar-refractivity contribution in [3.8, 4) is 11.1 Å². The number of rotatable bonds is 1. The van der Waals surface area contributed by atoms with Gasteiger partial charge >= 0.3 is 128 Å². The molecule has 2 aromatic carbocycles. The second-order valence-corrected chi connectivity index (χ2v) is 8.27. The third-order valence-corrected chi connectivity index (χ3v) is 7.28. The Hall–Kier alpha value is -0.350. The molecule has 0 spiro atoms. The normalized spacial score (nSPS) is 15.6. The van der Waals surface area contributed by atoms with Gasteiger partial charge in [-0.05, 0) is 0 Å². The van der Waals surface area contributed by atoms with E-state index in [1.165, 1.54) is 30.3 Å². The van der Waals surface area contributed by atoms with Crippen LogP contribution in [0.3, 0.4) is 0 Å². The van der Waals surface area contributed by atoms with Gasteiger partial charge in [-0.25, -0.2) is 0 Å². The van der Waals surface area contributed by atoms with E-state index in [4.69, 9.17) is 0 Å². The fourth-order valence-corrected chi connectivity index (χ4v) is 5.48. The molecule has 0 aromatic heterocycles.